The zero-order chi connectivity index (χ0) is 23.5. The molecular weight excluding hydrogens is 438 g/mol. The molecule has 4 rings (SSSR count). The number of hydrogen-bond donors (Lipinski definition) is 1. The summed E-state index contributed by atoms with van der Waals surface area (Å²) in [7, 11) is 1.66. The second-order valence-corrected chi connectivity index (χ2v) is 9.71. The highest BCUT2D eigenvalue weighted by atomic mass is 32.2. The summed E-state index contributed by atoms with van der Waals surface area (Å²) in [5, 5.41) is 0.602. The third-order valence-corrected chi connectivity index (χ3v) is 6.74. The lowest BCUT2D eigenvalue weighted by Crippen LogP contribution is -2.49. The van der Waals surface area contributed by atoms with Crippen LogP contribution in [0.3, 0.4) is 0 Å². The van der Waals surface area contributed by atoms with E-state index in [0.717, 1.165) is 30.2 Å². The van der Waals surface area contributed by atoms with Gasteiger partial charge >= 0.3 is 0 Å². The number of H-pyrrole nitrogens is 1. The molecule has 1 aliphatic heterocycles. The number of fused-ring (bicyclic) bond motifs is 1. The predicted octanol–water partition coefficient (Wildman–Crippen LogP) is 3.14. The molecule has 1 N–H and O–H groups in total. The molecular formula is C24H31N5O3S. The highest BCUT2D eigenvalue weighted by molar-refractivity contribution is 7.99. The summed E-state index contributed by atoms with van der Waals surface area (Å²) in [6.45, 7) is 9.53. The Bertz CT molecular complexity index is 1180. The minimum atomic E-state index is -0.0788. The fraction of sp³-hybridized carbons (Fsp3) is 0.458. The summed E-state index contributed by atoms with van der Waals surface area (Å²) in [6.07, 6.45) is 0. The summed E-state index contributed by atoms with van der Waals surface area (Å²) in [5.41, 5.74) is 3.14. The quantitative estimate of drug-likeness (QED) is 0.423. The molecule has 0 bridgehead atoms. The number of carbonyl (C=O) groups excluding carboxylic acids is 1. The van der Waals surface area contributed by atoms with Crippen LogP contribution in [0.25, 0.3) is 11.0 Å². The lowest BCUT2D eigenvalue weighted by atomic mass is 10.2. The number of anilines is 1. The third kappa shape index (κ3) is 5.19. The van der Waals surface area contributed by atoms with Crippen LogP contribution >= 0.6 is 11.8 Å². The van der Waals surface area contributed by atoms with Gasteiger partial charge in [-0.15, -0.1) is 0 Å². The van der Waals surface area contributed by atoms with Crippen LogP contribution in [0.5, 0.6) is 5.75 Å². The highest BCUT2D eigenvalue weighted by Gasteiger charge is 2.23. The van der Waals surface area contributed by atoms with Gasteiger partial charge in [0.25, 0.3) is 5.56 Å². The number of benzene rings is 1. The number of amides is 1. The Morgan fingerprint density at radius 3 is 2.52 bits per heavy atom. The molecule has 1 amide bonds. The molecule has 176 valence electrons. The minimum Gasteiger partial charge on any atom is -0.497 e. The summed E-state index contributed by atoms with van der Waals surface area (Å²) in [4.78, 5) is 38.0. The highest BCUT2D eigenvalue weighted by Crippen LogP contribution is 2.22. The molecule has 1 fully saturated rings. The van der Waals surface area contributed by atoms with Gasteiger partial charge in [-0.2, -0.15) is 0 Å². The molecule has 0 unspecified atom stereocenters. The van der Waals surface area contributed by atoms with Crippen molar-refractivity contribution in [2.24, 2.45) is 5.92 Å². The van der Waals surface area contributed by atoms with Crippen molar-refractivity contribution in [1.82, 2.24) is 19.4 Å². The van der Waals surface area contributed by atoms with Gasteiger partial charge in [0.05, 0.1) is 18.4 Å². The number of rotatable bonds is 7. The largest absolute Gasteiger partial charge is 0.497 e. The maximum absolute atomic E-state index is 13.0. The van der Waals surface area contributed by atoms with E-state index in [1.165, 1.54) is 11.8 Å². The smallest absolute Gasteiger partial charge is 0.278 e. The fourth-order valence-electron chi connectivity index (χ4n) is 4.07. The van der Waals surface area contributed by atoms with E-state index in [1.807, 2.05) is 42.2 Å². The minimum absolute atomic E-state index is 0.0741. The topological polar surface area (TPSA) is 83.5 Å². The first-order chi connectivity index (χ1) is 15.9. The second kappa shape index (κ2) is 9.91. The van der Waals surface area contributed by atoms with Crippen LogP contribution in [0.4, 0.5) is 5.69 Å². The van der Waals surface area contributed by atoms with Crippen LogP contribution in [0.2, 0.25) is 0 Å². The fourth-order valence-corrected chi connectivity index (χ4v) is 4.98. The molecule has 0 atom stereocenters. The maximum Gasteiger partial charge on any atom is 0.278 e. The molecule has 33 heavy (non-hydrogen) atoms. The van der Waals surface area contributed by atoms with Crippen LogP contribution in [-0.2, 0) is 11.3 Å². The number of carbonyl (C=O) groups is 1. The average Bonchev–Trinajstić information content (AvgIpc) is 3.20. The van der Waals surface area contributed by atoms with Gasteiger partial charge in [0.2, 0.25) is 5.91 Å². The lowest BCUT2D eigenvalue weighted by Gasteiger charge is -2.36. The zero-order valence-electron chi connectivity index (χ0n) is 19.6. The summed E-state index contributed by atoms with van der Waals surface area (Å²) in [5.74, 6) is 1.47. The van der Waals surface area contributed by atoms with Crippen molar-refractivity contribution in [2.45, 2.75) is 32.5 Å². The molecule has 0 radical (unpaired) electrons. The van der Waals surface area contributed by atoms with E-state index in [9.17, 15) is 9.59 Å². The van der Waals surface area contributed by atoms with E-state index in [1.54, 1.807) is 11.7 Å². The first-order valence-electron chi connectivity index (χ1n) is 11.3. The SMILES string of the molecule is COc1ccc(N2CCN(C(=O)CSc3nc4cc(C)[nH]c4c(=O)n3CC(C)C)CC2)cc1. The number of aromatic nitrogens is 3. The normalized spacial score (nSPS) is 14.3. The number of methoxy groups -OCH3 is 1. The molecule has 1 saturated heterocycles. The summed E-state index contributed by atoms with van der Waals surface area (Å²) in [6, 6.07) is 9.88. The van der Waals surface area contributed by atoms with Crippen LogP contribution in [0.1, 0.15) is 19.5 Å². The molecule has 2 aromatic heterocycles. The number of hydrogen-bond acceptors (Lipinski definition) is 6. The Balaban J connectivity index is 1.41. The number of aryl methyl sites for hydroxylation is 1. The van der Waals surface area contributed by atoms with Crippen LogP contribution in [0, 0.1) is 12.8 Å². The van der Waals surface area contributed by atoms with Crippen molar-refractivity contribution in [1.29, 1.82) is 0 Å². The van der Waals surface area contributed by atoms with Crippen molar-refractivity contribution in [2.75, 3.05) is 43.9 Å². The summed E-state index contributed by atoms with van der Waals surface area (Å²) < 4.78 is 6.93. The van der Waals surface area contributed by atoms with Gasteiger partial charge in [0.15, 0.2) is 5.16 Å². The number of aromatic amines is 1. The molecule has 8 nitrogen and oxygen atoms in total. The van der Waals surface area contributed by atoms with E-state index in [2.05, 4.69) is 23.7 Å². The van der Waals surface area contributed by atoms with Gasteiger partial charge in [0.1, 0.15) is 11.3 Å². The molecule has 1 aromatic carbocycles. The molecule has 1 aliphatic rings. The predicted molar refractivity (Wildman–Crippen MR) is 132 cm³/mol. The van der Waals surface area contributed by atoms with Crippen LogP contribution in [0.15, 0.2) is 40.3 Å². The molecule has 0 aliphatic carbocycles. The van der Waals surface area contributed by atoms with Gasteiger partial charge in [-0.1, -0.05) is 25.6 Å². The Kier molecular flexibility index (Phi) is 6.97. The van der Waals surface area contributed by atoms with Gasteiger partial charge in [0, 0.05) is 44.1 Å². The van der Waals surface area contributed by atoms with Gasteiger partial charge < -0.3 is 19.5 Å². The second-order valence-electron chi connectivity index (χ2n) is 8.77. The number of nitrogens with zero attached hydrogens (tertiary/aromatic N) is 4. The van der Waals surface area contributed by atoms with E-state index in [4.69, 9.17) is 9.72 Å². The van der Waals surface area contributed by atoms with Crippen molar-refractivity contribution in [3.8, 4) is 5.75 Å². The Labute approximate surface area is 197 Å². The number of thioether (sulfide) groups is 1. The number of piperazine rings is 1. The summed E-state index contributed by atoms with van der Waals surface area (Å²) >= 11 is 1.35. The van der Waals surface area contributed by atoms with Crippen molar-refractivity contribution in [3.63, 3.8) is 0 Å². The maximum atomic E-state index is 13.0. The molecule has 0 saturated carbocycles. The number of nitrogens with one attached hydrogen (secondary N) is 1. The van der Waals surface area contributed by atoms with Crippen molar-refractivity contribution >= 4 is 34.4 Å². The molecule has 0 spiro atoms. The lowest BCUT2D eigenvalue weighted by molar-refractivity contribution is -0.128. The Hall–Kier alpha value is -2.94. The van der Waals surface area contributed by atoms with E-state index in [0.29, 0.717) is 41.7 Å². The molecule has 3 aromatic rings. The standard InChI is InChI=1S/C24H31N5O3S/c1-16(2)14-29-23(31)22-20(13-17(3)25-22)26-24(29)33-15-21(30)28-11-9-27(10-12-28)18-5-7-19(32-4)8-6-18/h5-8,13,16,25H,9-12,14-15H2,1-4H3. The molecule has 3 heterocycles. The van der Waals surface area contributed by atoms with E-state index in [-0.39, 0.29) is 17.2 Å². The van der Waals surface area contributed by atoms with Crippen molar-refractivity contribution in [3.05, 3.63) is 46.4 Å². The van der Waals surface area contributed by atoms with Crippen LogP contribution in [-0.4, -0.2) is 64.4 Å². The third-order valence-electron chi connectivity index (χ3n) is 5.78. The monoisotopic (exact) mass is 469 g/mol. The zero-order valence-corrected chi connectivity index (χ0v) is 20.4. The number of ether oxygens (including phenoxy) is 1. The van der Waals surface area contributed by atoms with Gasteiger partial charge in [-0.25, -0.2) is 4.98 Å². The Morgan fingerprint density at radius 2 is 1.88 bits per heavy atom. The first kappa shape index (κ1) is 23.2. The van der Waals surface area contributed by atoms with Gasteiger partial charge in [-0.3, -0.25) is 14.2 Å². The molecule has 9 heteroatoms. The van der Waals surface area contributed by atoms with E-state index >= 15 is 0 Å². The first-order valence-corrected chi connectivity index (χ1v) is 12.2. The van der Waals surface area contributed by atoms with Crippen LogP contribution < -0.4 is 15.2 Å². The Morgan fingerprint density at radius 1 is 1.18 bits per heavy atom. The van der Waals surface area contributed by atoms with Gasteiger partial charge in [-0.05, 0) is 43.2 Å². The average molecular weight is 470 g/mol. The van der Waals surface area contributed by atoms with E-state index < -0.39 is 0 Å². The van der Waals surface area contributed by atoms with Crippen molar-refractivity contribution < 1.29 is 9.53 Å².